The lowest BCUT2D eigenvalue weighted by atomic mass is 9.92. The van der Waals surface area contributed by atoms with Crippen molar-refractivity contribution >= 4 is 35.1 Å². The molecule has 8 heteroatoms. The summed E-state index contributed by atoms with van der Waals surface area (Å²) in [5.74, 6) is 1.10. The molecule has 28 heavy (non-hydrogen) atoms. The first-order chi connectivity index (χ1) is 13.3. The Labute approximate surface area is 173 Å². The van der Waals surface area contributed by atoms with Gasteiger partial charge in [-0.3, -0.25) is 9.69 Å². The molecule has 1 N–H and O–H groups in total. The number of rotatable bonds is 7. The Morgan fingerprint density at radius 3 is 2.36 bits per heavy atom. The highest BCUT2D eigenvalue weighted by atomic mass is 35.5. The Balaban J connectivity index is 1.59. The molecule has 148 valence electrons. The van der Waals surface area contributed by atoms with E-state index >= 15 is 0 Å². The van der Waals surface area contributed by atoms with E-state index < -0.39 is 11.6 Å². The molecule has 2 aromatic carbocycles. The maximum atomic E-state index is 12.9. The monoisotopic (exact) mass is 422 g/mol. The molecular formula is C20H20Cl2N2O4. The average molecular weight is 423 g/mol. The summed E-state index contributed by atoms with van der Waals surface area (Å²) >= 11 is 12.0. The molecule has 0 radical (unpaired) electrons. The van der Waals surface area contributed by atoms with Crippen molar-refractivity contribution in [1.82, 2.24) is 10.2 Å². The highest BCUT2D eigenvalue weighted by Gasteiger charge is 2.48. The SMILES string of the molecule is COc1ccc(OCCCN2C(=O)NC(C)(c3ccc(Cl)c(Cl)c3)C2=O)cc1. The van der Waals surface area contributed by atoms with Crippen LogP contribution >= 0.6 is 23.2 Å². The van der Waals surface area contributed by atoms with E-state index in [0.29, 0.717) is 34.4 Å². The highest BCUT2D eigenvalue weighted by Crippen LogP contribution is 2.33. The normalized spacial score (nSPS) is 18.9. The van der Waals surface area contributed by atoms with Crippen LogP contribution in [0.4, 0.5) is 4.79 Å². The molecule has 0 bridgehead atoms. The predicted molar refractivity (Wildman–Crippen MR) is 107 cm³/mol. The maximum absolute atomic E-state index is 12.9. The van der Waals surface area contributed by atoms with Crippen LogP contribution in [0.2, 0.25) is 10.0 Å². The van der Waals surface area contributed by atoms with Crippen molar-refractivity contribution in [1.29, 1.82) is 0 Å². The molecule has 0 aromatic heterocycles. The van der Waals surface area contributed by atoms with E-state index in [0.717, 1.165) is 5.75 Å². The van der Waals surface area contributed by atoms with Crippen LogP contribution in [-0.2, 0) is 10.3 Å². The number of amides is 3. The number of hydrogen-bond acceptors (Lipinski definition) is 4. The third-order valence-corrected chi connectivity index (χ3v) is 5.37. The Morgan fingerprint density at radius 2 is 1.71 bits per heavy atom. The number of carbonyl (C=O) groups excluding carboxylic acids is 2. The molecule has 1 fully saturated rings. The van der Waals surface area contributed by atoms with E-state index in [1.807, 2.05) is 0 Å². The zero-order valence-corrected chi connectivity index (χ0v) is 17.0. The molecular weight excluding hydrogens is 403 g/mol. The molecule has 3 amide bonds. The van der Waals surface area contributed by atoms with E-state index in [4.69, 9.17) is 32.7 Å². The third-order valence-electron chi connectivity index (χ3n) is 4.63. The van der Waals surface area contributed by atoms with Crippen LogP contribution in [0.25, 0.3) is 0 Å². The van der Waals surface area contributed by atoms with Crippen molar-refractivity contribution in [3.63, 3.8) is 0 Å². The van der Waals surface area contributed by atoms with Crippen LogP contribution in [0.15, 0.2) is 42.5 Å². The van der Waals surface area contributed by atoms with E-state index in [1.165, 1.54) is 4.90 Å². The lowest BCUT2D eigenvalue weighted by Gasteiger charge is -2.22. The zero-order chi connectivity index (χ0) is 20.3. The summed E-state index contributed by atoms with van der Waals surface area (Å²) in [7, 11) is 1.60. The molecule has 1 aliphatic rings. The van der Waals surface area contributed by atoms with Crippen molar-refractivity contribution in [2.24, 2.45) is 0 Å². The number of nitrogens with one attached hydrogen (secondary N) is 1. The van der Waals surface area contributed by atoms with E-state index in [9.17, 15) is 9.59 Å². The quantitative estimate of drug-likeness (QED) is 0.535. The molecule has 1 aliphatic heterocycles. The van der Waals surface area contributed by atoms with Crippen molar-refractivity contribution < 1.29 is 19.1 Å². The number of carbonyl (C=O) groups is 2. The number of halogens is 2. The number of benzene rings is 2. The minimum Gasteiger partial charge on any atom is -0.497 e. The van der Waals surface area contributed by atoms with E-state index in [-0.39, 0.29) is 12.5 Å². The summed E-state index contributed by atoms with van der Waals surface area (Å²) in [6.45, 7) is 2.27. The molecule has 0 aliphatic carbocycles. The first-order valence-corrected chi connectivity index (χ1v) is 9.47. The van der Waals surface area contributed by atoms with Crippen LogP contribution < -0.4 is 14.8 Å². The van der Waals surface area contributed by atoms with Gasteiger partial charge in [0, 0.05) is 6.54 Å². The summed E-state index contributed by atoms with van der Waals surface area (Å²) in [5, 5.41) is 3.46. The zero-order valence-electron chi connectivity index (χ0n) is 15.5. The van der Waals surface area contributed by atoms with Crippen LogP contribution in [0.3, 0.4) is 0 Å². The summed E-state index contributed by atoms with van der Waals surface area (Å²) in [5.41, 5.74) is -0.598. The number of hydrogen-bond donors (Lipinski definition) is 1. The van der Waals surface area contributed by atoms with Gasteiger partial charge in [-0.1, -0.05) is 29.3 Å². The number of ether oxygens (including phenoxy) is 2. The molecule has 3 rings (SSSR count). The van der Waals surface area contributed by atoms with Crippen molar-refractivity contribution in [3.05, 3.63) is 58.1 Å². The van der Waals surface area contributed by atoms with Crippen LogP contribution in [0, 0.1) is 0 Å². The molecule has 0 spiro atoms. The van der Waals surface area contributed by atoms with Gasteiger partial charge in [-0.05, 0) is 55.3 Å². The molecule has 1 atom stereocenters. The topological polar surface area (TPSA) is 67.9 Å². The van der Waals surface area contributed by atoms with Gasteiger partial charge in [-0.25, -0.2) is 4.79 Å². The van der Waals surface area contributed by atoms with Crippen molar-refractivity contribution in [2.75, 3.05) is 20.3 Å². The lowest BCUT2D eigenvalue weighted by molar-refractivity contribution is -0.131. The van der Waals surface area contributed by atoms with E-state index in [1.54, 1.807) is 56.5 Å². The summed E-state index contributed by atoms with van der Waals surface area (Å²) in [6.07, 6.45) is 0.503. The molecule has 1 heterocycles. The van der Waals surface area contributed by atoms with Gasteiger partial charge < -0.3 is 14.8 Å². The van der Waals surface area contributed by atoms with Gasteiger partial charge in [0.25, 0.3) is 5.91 Å². The second kappa shape index (κ2) is 8.29. The van der Waals surface area contributed by atoms with Gasteiger partial charge in [0.05, 0.1) is 23.8 Å². The largest absolute Gasteiger partial charge is 0.497 e. The molecule has 6 nitrogen and oxygen atoms in total. The van der Waals surface area contributed by atoms with Crippen LogP contribution in [-0.4, -0.2) is 37.1 Å². The summed E-state index contributed by atoms with van der Waals surface area (Å²) < 4.78 is 10.7. The first-order valence-electron chi connectivity index (χ1n) is 8.71. The first kappa shape index (κ1) is 20.3. The second-order valence-corrected chi connectivity index (χ2v) is 7.33. The van der Waals surface area contributed by atoms with Gasteiger partial charge in [0.15, 0.2) is 0 Å². The minimum absolute atomic E-state index is 0.248. The minimum atomic E-state index is -1.18. The van der Waals surface area contributed by atoms with Gasteiger partial charge >= 0.3 is 6.03 Å². The fourth-order valence-electron chi connectivity index (χ4n) is 2.99. The molecule has 1 saturated heterocycles. The molecule has 1 unspecified atom stereocenters. The smallest absolute Gasteiger partial charge is 0.325 e. The van der Waals surface area contributed by atoms with E-state index in [2.05, 4.69) is 5.32 Å². The average Bonchev–Trinajstić information content (AvgIpc) is 2.91. The van der Waals surface area contributed by atoms with Gasteiger partial charge in [-0.2, -0.15) is 0 Å². The number of urea groups is 1. The number of methoxy groups -OCH3 is 1. The standard InChI is InChI=1S/C20H20Cl2N2O4/c1-20(13-4-9-16(21)17(22)12-13)18(25)24(19(26)23-20)10-3-11-28-15-7-5-14(27-2)6-8-15/h4-9,12H,3,10-11H2,1-2H3,(H,23,26). The summed E-state index contributed by atoms with van der Waals surface area (Å²) in [4.78, 5) is 26.4. The van der Waals surface area contributed by atoms with Gasteiger partial charge in [0.1, 0.15) is 17.0 Å². The Morgan fingerprint density at radius 1 is 1.04 bits per heavy atom. The van der Waals surface area contributed by atoms with Gasteiger partial charge in [-0.15, -0.1) is 0 Å². The van der Waals surface area contributed by atoms with Crippen molar-refractivity contribution in [3.8, 4) is 11.5 Å². The second-order valence-electron chi connectivity index (χ2n) is 6.52. The third kappa shape index (κ3) is 4.03. The fourth-order valence-corrected chi connectivity index (χ4v) is 3.29. The predicted octanol–water partition coefficient (Wildman–Crippen LogP) is 4.24. The lowest BCUT2D eigenvalue weighted by Crippen LogP contribution is -2.41. The maximum Gasteiger partial charge on any atom is 0.325 e. The Bertz CT molecular complexity index is 888. The van der Waals surface area contributed by atoms with Crippen LogP contribution in [0.1, 0.15) is 18.9 Å². The highest BCUT2D eigenvalue weighted by molar-refractivity contribution is 6.42. The number of imide groups is 1. The Hall–Kier alpha value is -2.44. The van der Waals surface area contributed by atoms with Gasteiger partial charge in [0.2, 0.25) is 0 Å². The molecule has 2 aromatic rings. The Kier molecular flexibility index (Phi) is 6.01. The fraction of sp³-hybridized carbons (Fsp3) is 0.300. The number of nitrogens with zero attached hydrogens (tertiary/aromatic N) is 1. The summed E-state index contributed by atoms with van der Waals surface area (Å²) in [6, 6.07) is 11.6. The van der Waals surface area contributed by atoms with Crippen molar-refractivity contribution in [2.45, 2.75) is 18.9 Å². The molecule has 0 saturated carbocycles. The van der Waals surface area contributed by atoms with Crippen LogP contribution in [0.5, 0.6) is 11.5 Å².